The van der Waals surface area contributed by atoms with Crippen LogP contribution in [0.3, 0.4) is 0 Å². The van der Waals surface area contributed by atoms with Crippen molar-refractivity contribution in [3.63, 3.8) is 0 Å². The van der Waals surface area contributed by atoms with E-state index in [1.54, 1.807) is 0 Å². The molecule has 0 radical (unpaired) electrons. The van der Waals surface area contributed by atoms with Gasteiger partial charge in [-0.05, 0) is 38.5 Å². The highest BCUT2D eigenvalue weighted by Gasteiger charge is 2.28. The number of hydrogen-bond acceptors (Lipinski definition) is 5. The first-order valence-electron chi connectivity index (χ1n) is 27.1. The molecule has 0 saturated heterocycles. The highest BCUT2D eigenvalue weighted by atomic mass is 16.3. The van der Waals surface area contributed by atoms with Gasteiger partial charge in [0, 0.05) is 0 Å². The summed E-state index contributed by atoms with van der Waals surface area (Å²) in [5, 5.41) is 44.0. The Morgan fingerprint density at radius 1 is 0.400 bits per heavy atom. The molecule has 6 heteroatoms. The Morgan fingerprint density at radius 3 is 0.967 bits per heavy atom. The zero-order chi connectivity index (χ0) is 43.8. The Hall–Kier alpha value is -0.950. The van der Waals surface area contributed by atoms with Gasteiger partial charge in [0.05, 0.1) is 18.8 Å². The van der Waals surface area contributed by atoms with Crippen molar-refractivity contribution < 1.29 is 25.2 Å². The molecule has 1 amide bonds. The van der Waals surface area contributed by atoms with Gasteiger partial charge in [0.1, 0.15) is 12.2 Å². The second-order valence-electron chi connectivity index (χ2n) is 18.9. The Bertz CT molecular complexity index is 867. The quantitative estimate of drug-likeness (QED) is 0.0309. The molecule has 0 aliphatic heterocycles. The van der Waals surface area contributed by atoms with Gasteiger partial charge in [0.2, 0.25) is 5.91 Å². The maximum absolute atomic E-state index is 12.6. The molecule has 4 atom stereocenters. The Balaban J connectivity index is 3.64. The van der Waals surface area contributed by atoms with Crippen molar-refractivity contribution >= 4 is 5.91 Å². The normalized spacial score (nSPS) is 13.9. The molecule has 0 bridgehead atoms. The van der Waals surface area contributed by atoms with Crippen molar-refractivity contribution in [2.24, 2.45) is 0 Å². The van der Waals surface area contributed by atoms with Gasteiger partial charge in [-0.3, -0.25) is 4.79 Å². The summed E-state index contributed by atoms with van der Waals surface area (Å²) >= 11 is 0. The van der Waals surface area contributed by atoms with E-state index in [2.05, 4.69) is 31.3 Å². The fourth-order valence-corrected chi connectivity index (χ4v) is 8.70. The highest BCUT2D eigenvalue weighted by molar-refractivity contribution is 5.80. The van der Waals surface area contributed by atoms with Crippen molar-refractivity contribution in [3.8, 4) is 0 Å². The molecule has 0 spiro atoms. The van der Waals surface area contributed by atoms with E-state index in [-0.39, 0.29) is 0 Å². The van der Waals surface area contributed by atoms with Crippen molar-refractivity contribution in [3.05, 3.63) is 12.2 Å². The van der Waals surface area contributed by atoms with Crippen molar-refractivity contribution in [1.29, 1.82) is 0 Å². The minimum Gasteiger partial charge on any atom is -0.394 e. The predicted molar refractivity (Wildman–Crippen MR) is 261 cm³/mol. The summed E-state index contributed by atoms with van der Waals surface area (Å²) in [6, 6.07) is -0.985. The van der Waals surface area contributed by atoms with Gasteiger partial charge in [-0.25, -0.2) is 0 Å². The number of carbonyl (C=O) groups is 1. The van der Waals surface area contributed by atoms with Crippen LogP contribution in [-0.4, -0.2) is 57.3 Å². The molecule has 358 valence electrons. The number of amides is 1. The Kier molecular flexibility index (Phi) is 48.3. The van der Waals surface area contributed by atoms with Crippen LogP contribution in [-0.2, 0) is 4.79 Å². The van der Waals surface area contributed by atoms with Crippen molar-refractivity contribution in [2.75, 3.05) is 6.61 Å². The molecule has 0 fully saturated rings. The van der Waals surface area contributed by atoms with Gasteiger partial charge < -0.3 is 25.7 Å². The largest absolute Gasteiger partial charge is 0.394 e. The summed E-state index contributed by atoms with van der Waals surface area (Å²) in [5.41, 5.74) is 0. The molecule has 4 unspecified atom stereocenters. The third kappa shape index (κ3) is 42.4. The van der Waals surface area contributed by atoms with E-state index >= 15 is 0 Å². The zero-order valence-electron chi connectivity index (χ0n) is 40.5. The monoisotopic (exact) mass is 850 g/mol. The number of unbranched alkanes of at least 4 members (excludes halogenated alkanes) is 39. The first-order valence-corrected chi connectivity index (χ1v) is 27.1. The van der Waals surface area contributed by atoms with Crippen LogP contribution in [0.25, 0.3) is 0 Å². The van der Waals surface area contributed by atoms with Gasteiger partial charge in [-0.1, -0.05) is 270 Å². The molecule has 0 aromatic heterocycles. The molecule has 6 nitrogen and oxygen atoms in total. The first-order chi connectivity index (χ1) is 29.5. The number of carbonyl (C=O) groups excluding carboxylic acids is 1. The second kappa shape index (κ2) is 49.1. The average molecular weight is 850 g/mol. The lowest BCUT2D eigenvalue weighted by molar-refractivity contribution is -0.132. The van der Waals surface area contributed by atoms with Gasteiger partial charge in [-0.2, -0.15) is 0 Å². The number of aliphatic hydroxyl groups is 4. The van der Waals surface area contributed by atoms with E-state index in [4.69, 9.17) is 0 Å². The van der Waals surface area contributed by atoms with Gasteiger partial charge in [0.25, 0.3) is 0 Å². The SMILES string of the molecule is CCCCCCCCCCCCCC/C=C\CCCCCCCCCC(O)C(=O)NC(CO)C(O)C(O)CCCCCCCCCCCCCCCCCCCCCCC. The van der Waals surface area contributed by atoms with Gasteiger partial charge in [-0.15, -0.1) is 0 Å². The number of aliphatic hydroxyl groups excluding tert-OH is 4. The summed E-state index contributed by atoms with van der Waals surface area (Å²) in [7, 11) is 0. The smallest absolute Gasteiger partial charge is 0.249 e. The molecule has 0 saturated carbocycles. The number of nitrogens with one attached hydrogen (secondary N) is 1. The fraction of sp³-hybridized carbons (Fsp3) is 0.944. The molecule has 0 rings (SSSR count). The topological polar surface area (TPSA) is 110 Å². The second-order valence-corrected chi connectivity index (χ2v) is 18.9. The summed E-state index contributed by atoms with van der Waals surface area (Å²) in [6.45, 7) is 4.09. The number of rotatable bonds is 50. The molecular weight excluding hydrogens is 743 g/mol. The van der Waals surface area contributed by atoms with E-state index in [0.29, 0.717) is 12.8 Å². The molecule has 0 heterocycles. The predicted octanol–water partition coefficient (Wildman–Crippen LogP) is 15.3. The van der Waals surface area contributed by atoms with Crippen LogP contribution in [0.5, 0.6) is 0 Å². The first kappa shape index (κ1) is 59.0. The van der Waals surface area contributed by atoms with E-state index in [1.165, 1.54) is 231 Å². The summed E-state index contributed by atoms with van der Waals surface area (Å²) in [5.74, 6) is -0.582. The van der Waals surface area contributed by atoms with Crippen molar-refractivity contribution in [2.45, 2.75) is 321 Å². The van der Waals surface area contributed by atoms with E-state index in [1.807, 2.05) is 0 Å². The van der Waals surface area contributed by atoms with Crippen LogP contribution in [0.1, 0.15) is 296 Å². The van der Waals surface area contributed by atoms with E-state index < -0.39 is 36.9 Å². The molecule has 5 N–H and O–H groups in total. The number of allylic oxidation sites excluding steroid dienone is 2. The minimum atomic E-state index is -1.26. The van der Waals surface area contributed by atoms with E-state index in [0.717, 1.165) is 38.5 Å². The molecule has 0 aliphatic carbocycles. The van der Waals surface area contributed by atoms with Crippen LogP contribution in [0.2, 0.25) is 0 Å². The van der Waals surface area contributed by atoms with Crippen LogP contribution >= 0.6 is 0 Å². The molecular formula is C54H107NO5. The van der Waals surface area contributed by atoms with E-state index in [9.17, 15) is 25.2 Å². The van der Waals surface area contributed by atoms with Crippen LogP contribution in [0.15, 0.2) is 12.2 Å². The summed E-state index contributed by atoms with van der Waals surface area (Å²) in [4.78, 5) is 12.6. The van der Waals surface area contributed by atoms with Crippen LogP contribution in [0, 0.1) is 0 Å². The third-order valence-corrected chi connectivity index (χ3v) is 13.0. The Morgan fingerprint density at radius 2 is 0.667 bits per heavy atom. The maximum atomic E-state index is 12.6. The lowest BCUT2D eigenvalue weighted by Crippen LogP contribution is -2.53. The zero-order valence-corrected chi connectivity index (χ0v) is 40.5. The molecule has 60 heavy (non-hydrogen) atoms. The third-order valence-electron chi connectivity index (χ3n) is 13.0. The molecule has 0 aromatic rings. The molecule has 0 aliphatic rings. The molecule has 0 aromatic carbocycles. The van der Waals surface area contributed by atoms with Crippen LogP contribution < -0.4 is 5.32 Å². The number of hydrogen-bond donors (Lipinski definition) is 5. The van der Waals surface area contributed by atoms with Crippen LogP contribution in [0.4, 0.5) is 0 Å². The van der Waals surface area contributed by atoms with Gasteiger partial charge >= 0.3 is 0 Å². The fourth-order valence-electron chi connectivity index (χ4n) is 8.70. The standard InChI is InChI=1S/C54H107NO5/c1-3-5-7-9-11-13-15-17-19-21-23-25-26-28-30-32-34-36-38-40-42-44-46-48-52(58)54(60)55-50(49-56)53(59)51(57)47-45-43-41-39-37-35-33-31-29-27-24-22-20-18-16-14-12-10-8-6-4-2/h28,30,50-53,56-59H,3-27,29,31-49H2,1-2H3,(H,55,60)/b30-28-. The average Bonchev–Trinajstić information content (AvgIpc) is 3.25. The van der Waals surface area contributed by atoms with Crippen molar-refractivity contribution in [1.82, 2.24) is 5.32 Å². The summed E-state index contributed by atoms with van der Waals surface area (Å²) < 4.78 is 0. The lowest BCUT2D eigenvalue weighted by Gasteiger charge is -2.27. The lowest BCUT2D eigenvalue weighted by atomic mass is 9.99. The van der Waals surface area contributed by atoms with Gasteiger partial charge in [0.15, 0.2) is 0 Å². The Labute approximate surface area is 374 Å². The maximum Gasteiger partial charge on any atom is 0.249 e. The summed E-state index contributed by atoms with van der Waals surface area (Å²) in [6.07, 6.45) is 56.9. The highest BCUT2D eigenvalue weighted by Crippen LogP contribution is 2.18. The minimum absolute atomic E-state index is 0.367.